The standard InChI is InChI=1S/C15H18ClFN2/c1-5-18-12-8-13(15(2,3)4)19-14-10(12)6-9(17)7-11(14)16/h6-8H,5H2,1-4H3,(H,18,19). The van der Waals surface area contributed by atoms with Crippen molar-refractivity contribution in [3.8, 4) is 0 Å². The Labute approximate surface area is 118 Å². The highest BCUT2D eigenvalue weighted by Crippen LogP contribution is 2.33. The zero-order chi connectivity index (χ0) is 14.2. The van der Waals surface area contributed by atoms with Crippen molar-refractivity contribution in [2.45, 2.75) is 33.1 Å². The second kappa shape index (κ2) is 4.97. The molecule has 0 fully saturated rings. The van der Waals surface area contributed by atoms with Gasteiger partial charge in [-0.15, -0.1) is 0 Å². The highest BCUT2D eigenvalue weighted by Gasteiger charge is 2.19. The lowest BCUT2D eigenvalue weighted by Crippen LogP contribution is -2.14. The van der Waals surface area contributed by atoms with Crippen LogP contribution in [0.3, 0.4) is 0 Å². The molecule has 1 aromatic heterocycles. The van der Waals surface area contributed by atoms with E-state index in [9.17, 15) is 4.39 Å². The summed E-state index contributed by atoms with van der Waals surface area (Å²) < 4.78 is 13.5. The lowest BCUT2D eigenvalue weighted by Gasteiger charge is -2.20. The Balaban J connectivity index is 2.79. The molecule has 19 heavy (non-hydrogen) atoms. The molecule has 0 radical (unpaired) electrons. The van der Waals surface area contributed by atoms with Gasteiger partial charge in [-0.2, -0.15) is 0 Å². The van der Waals surface area contributed by atoms with Gasteiger partial charge in [-0.25, -0.2) is 4.39 Å². The third kappa shape index (κ3) is 2.81. The van der Waals surface area contributed by atoms with Crippen LogP contribution in [0, 0.1) is 5.82 Å². The van der Waals surface area contributed by atoms with Gasteiger partial charge in [-0.05, 0) is 25.1 Å². The van der Waals surface area contributed by atoms with E-state index in [1.165, 1.54) is 12.1 Å². The Bertz CT molecular complexity index is 618. The zero-order valence-corrected chi connectivity index (χ0v) is 12.4. The van der Waals surface area contributed by atoms with Gasteiger partial charge < -0.3 is 5.32 Å². The Hall–Kier alpha value is -1.35. The highest BCUT2D eigenvalue weighted by molar-refractivity contribution is 6.35. The molecule has 0 unspecified atom stereocenters. The molecule has 0 amide bonds. The van der Waals surface area contributed by atoms with Gasteiger partial charge in [-0.1, -0.05) is 32.4 Å². The molecule has 1 heterocycles. The number of anilines is 1. The minimum Gasteiger partial charge on any atom is -0.385 e. The Morgan fingerprint density at radius 3 is 2.53 bits per heavy atom. The number of nitrogens with zero attached hydrogens (tertiary/aromatic N) is 1. The van der Waals surface area contributed by atoms with Gasteiger partial charge in [0.2, 0.25) is 0 Å². The number of hydrogen-bond donors (Lipinski definition) is 1. The molecule has 0 saturated heterocycles. The molecule has 0 aliphatic heterocycles. The normalized spacial score (nSPS) is 11.9. The maximum Gasteiger partial charge on any atom is 0.125 e. The lowest BCUT2D eigenvalue weighted by molar-refractivity contribution is 0.571. The first-order chi connectivity index (χ1) is 8.82. The Kier molecular flexibility index (Phi) is 3.68. The predicted molar refractivity (Wildman–Crippen MR) is 79.6 cm³/mol. The number of fused-ring (bicyclic) bond motifs is 1. The number of pyridine rings is 1. The number of halogens is 2. The molecule has 4 heteroatoms. The van der Waals surface area contributed by atoms with Crippen molar-refractivity contribution in [3.05, 3.63) is 34.7 Å². The van der Waals surface area contributed by atoms with Crippen molar-refractivity contribution in [2.24, 2.45) is 0 Å². The number of rotatable bonds is 2. The summed E-state index contributed by atoms with van der Waals surface area (Å²) in [5.74, 6) is -0.345. The fraction of sp³-hybridized carbons (Fsp3) is 0.400. The number of hydrogen-bond acceptors (Lipinski definition) is 2. The molecular weight excluding hydrogens is 263 g/mol. The van der Waals surface area contributed by atoms with Crippen molar-refractivity contribution in [3.63, 3.8) is 0 Å². The van der Waals surface area contributed by atoms with Crippen LogP contribution in [0.15, 0.2) is 18.2 Å². The molecule has 0 saturated carbocycles. The van der Waals surface area contributed by atoms with Gasteiger partial charge in [0.1, 0.15) is 5.82 Å². The van der Waals surface area contributed by atoms with Gasteiger partial charge >= 0.3 is 0 Å². The first kappa shape index (κ1) is 14.1. The van der Waals surface area contributed by atoms with Crippen LogP contribution in [0.2, 0.25) is 5.02 Å². The molecule has 2 rings (SSSR count). The van der Waals surface area contributed by atoms with Crippen molar-refractivity contribution in [1.82, 2.24) is 4.98 Å². The molecule has 102 valence electrons. The van der Waals surface area contributed by atoms with Crippen molar-refractivity contribution in [1.29, 1.82) is 0 Å². The second-order valence-corrected chi connectivity index (χ2v) is 6.03. The average Bonchev–Trinajstić information content (AvgIpc) is 2.28. The maximum absolute atomic E-state index is 13.5. The Morgan fingerprint density at radius 1 is 1.26 bits per heavy atom. The van der Waals surface area contributed by atoms with E-state index in [1.807, 2.05) is 13.0 Å². The predicted octanol–water partition coefficient (Wildman–Crippen LogP) is 4.76. The van der Waals surface area contributed by atoms with E-state index in [0.717, 1.165) is 23.3 Å². The zero-order valence-electron chi connectivity index (χ0n) is 11.6. The van der Waals surface area contributed by atoms with Crippen LogP contribution < -0.4 is 5.32 Å². The molecule has 0 bridgehead atoms. The summed E-state index contributed by atoms with van der Waals surface area (Å²) in [7, 11) is 0. The molecule has 0 aliphatic carbocycles. The van der Waals surface area contributed by atoms with Crippen molar-refractivity contribution < 1.29 is 4.39 Å². The van der Waals surface area contributed by atoms with Gasteiger partial charge in [0, 0.05) is 28.7 Å². The third-order valence-corrected chi connectivity index (χ3v) is 3.26. The van der Waals surface area contributed by atoms with E-state index in [2.05, 4.69) is 31.1 Å². The molecule has 0 aliphatic rings. The van der Waals surface area contributed by atoms with Gasteiger partial charge in [0.15, 0.2) is 0 Å². The summed E-state index contributed by atoms with van der Waals surface area (Å²) in [5, 5.41) is 4.32. The fourth-order valence-corrected chi connectivity index (χ4v) is 2.22. The van der Waals surface area contributed by atoms with Crippen LogP contribution in [0.1, 0.15) is 33.4 Å². The number of nitrogens with one attached hydrogen (secondary N) is 1. The fourth-order valence-electron chi connectivity index (χ4n) is 1.97. The molecule has 1 aromatic carbocycles. The molecule has 1 N–H and O–H groups in total. The monoisotopic (exact) mass is 280 g/mol. The largest absolute Gasteiger partial charge is 0.385 e. The topological polar surface area (TPSA) is 24.9 Å². The molecule has 2 aromatic rings. The van der Waals surface area contributed by atoms with Crippen LogP contribution in [-0.2, 0) is 5.41 Å². The third-order valence-electron chi connectivity index (χ3n) is 2.97. The molecular formula is C15H18ClFN2. The summed E-state index contributed by atoms with van der Waals surface area (Å²) in [6.45, 7) is 9.04. The minimum atomic E-state index is -0.345. The van der Waals surface area contributed by atoms with E-state index in [0.29, 0.717) is 10.5 Å². The summed E-state index contributed by atoms with van der Waals surface area (Å²) in [6, 6.07) is 4.75. The van der Waals surface area contributed by atoms with E-state index < -0.39 is 0 Å². The highest BCUT2D eigenvalue weighted by atomic mass is 35.5. The summed E-state index contributed by atoms with van der Waals surface area (Å²) in [4.78, 5) is 4.59. The van der Waals surface area contributed by atoms with Crippen LogP contribution in [0.25, 0.3) is 10.9 Å². The SMILES string of the molecule is CCNc1cc(C(C)(C)C)nc2c(Cl)cc(F)cc12. The van der Waals surface area contributed by atoms with E-state index in [-0.39, 0.29) is 11.2 Å². The smallest absolute Gasteiger partial charge is 0.125 e. The molecule has 2 nitrogen and oxygen atoms in total. The van der Waals surface area contributed by atoms with E-state index >= 15 is 0 Å². The number of aromatic nitrogens is 1. The minimum absolute atomic E-state index is 0.0872. The molecule has 0 spiro atoms. The maximum atomic E-state index is 13.5. The first-order valence-electron chi connectivity index (χ1n) is 6.37. The van der Waals surface area contributed by atoms with Gasteiger partial charge in [0.25, 0.3) is 0 Å². The van der Waals surface area contributed by atoms with Crippen LogP contribution in [-0.4, -0.2) is 11.5 Å². The van der Waals surface area contributed by atoms with Crippen LogP contribution in [0.4, 0.5) is 10.1 Å². The lowest BCUT2D eigenvalue weighted by atomic mass is 9.90. The second-order valence-electron chi connectivity index (χ2n) is 5.62. The van der Waals surface area contributed by atoms with Gasteiger partial charge in [-0.3, -0.25) is 4.98 Å². The summed E-state index contributed by atoms with van der Waals surface area (Å²) in [6.07, 6.45) is 0. The summed E-state index contributed by atoms with van der Waals surface area (Å²) >= 11 is 6.13. The van der Waals surface area contributed by atoms with Crippen LogP contribution in [0.5, 0.6) is 0 Å². The average molecular weight is 281 g/mol. The van der Waals surface area contributed by atoms with E-state index in [1.54, 1.807) is 0 Å². The quantitative estimate of drug-likeness (QED) is 0.858. The van der Waals surface area contributed by atoms with E-state index in [4.69, 9.17) is 11.6 Å². The first-order valence-corrected chi connectivity index (χ1v) is 6.75. The van der Waals surface area contributed by atoms with Gasteiger partial charge in [0.05, 0.1) is 10.5 Å². The summed E-state index contributed by atoms with van der Waals surface area (Å²) in [5.41, 5.74) is 2.37. The van der Waals surface area contributed by atoms with Crippen molar-refractivity contribution >= 4 is 28.2 Å². The Morgan fingerprint density at radius 2 is 1.95 bits per heavy atom. The van der Waals surface area contributed by atoms with Crippen LogP contribution >= 0.6 is 11.6 Å². The number of benzene rings is 1. The van der Waals surface area contributed by atoms with Crippen molar-refractivity contribution in [2.75, 3.05) is 11.9 Å². The molecule has 0 atom stereocenters.